The molecule has 0 atom stereocenters. The molecule has 0 radical (unpaired) electrons. The van der Waals surface area contributed by atoms with E-state index < -0.39 is 5.82 Å². The van der Waals surface area contributed by atoms with E-state index >= 15 is 0 Å². The van der Waals surface area contributed by atoms with Crippen molar-refractivity contribution < 1.29 is 4.39 Å². The van der Waals surface area contributed by atoms with Crippen LogP contribution >= 0.6 is 0 Å². The first-order valence-corrected chi connectivity index (χ1v) is 9.71. The maximum absolute atomic E-state index is 15.0. The number of rotatable bonds is 4. The summed E-state index contributed by atoms with van der Waals surface area (Å²) in [4.78, 5) is 25.4. The zero-order chi connectivity index (χ0) is 21.7. The maximum Gasteiger partial charge on any atom is 0.323 e. The third-order valence-electron chi connectivity index (χ3n) is 5.17. The fraction of sp³-hybridized carbons (Fsp3) is 0.0476. The Kier molecular flexibility index (Phi) is 3.93. The summed E-state index contributed by atoms with van der Waals surface area (Å²) in [6.07, 6.45) is 4.97. The molecule has 32 heavy (non-hydrogen) atoms. The lowest BCUT2D eigenvalue weighted by molar-refractivity contribution is 0.635. The molecule has 6 aromatic rings. The average Bonchev–Trinajstić information content (AvgIpc) is 3.51. The van der Waals surface area contributed by atoms with Crippen LogP contribution in [-0.2, 0) is 6.54 Å². The van der Waals surface area contributed by atoms with Crippen LogP contribution in [0.4, 0.5) is 4.39 Å². The quantitative estimate of drug-likeness (QED) is 0.445. The minimum absolute atomic E-state index is 0.147. The highest BCUT2D eigenvalue weighted by Crippen LogP contribution is 2.28. The molecule has 156 valence electrons. The van der Waals surface area contributed by atoms with E-state index in [1.54, 1.807) is 53.6 Å². The second-order valence-corrected chi connectivity index (χ2v) is 7.18. The predicted molar refractivity (Wildman–Crippen MR) is 114 cm³/mol. The average molecular weight is 427 g/mol. The SMILES string of the molecule is O=c1[nH]c2ccc(-n3nnc4c(F)cc(-c5ccnn5Cc5ncccn5)cc43)cc2[nH]1. The molecule has 0 unspecified atom stereocenters. The summed E-state index contributed by atoms with van der Waals surface area (Å²) < 4.78 is 18.2. The molecule has 0 saturated heterocycles. The van der Waals surface area contributed by atoms with E-state index in [0.717, 1.165) is 0 Å². The van der Waals surface area contributed by atoms with Gasteiger partial charge in [0.05, 0.1) is 27.9 Å². The lowest BCUT2D eigenvalue weighted by atomic mass is 10.1. The van der Waals surface area contributed by atoms with Gasteiger partial charge in [0.15, 0.2) is 5.82 Å². The van der Waals surface area contributed by atoms with Crippen molar-refractivity contribution in [1.82, 2.24) is 44.7 Å². The number of hydrogen-bond acceptors (Lipinski definition) is 6. The summed E-state index contributed by atoms with van der Waals surface area (Å²) in [7, 11) is 0. The molecule has 11 heteroatoms. The number of halogens is 1. The fourth-order valence-corrected chi connectivity index (χ4v) is 3.72. The molecule has 0 aliphatic carbocycles. The van der Waals surface area contributed by atoms with Gasteiger partial charge in [0, 0.05) is 24.2 Å². The molecule has 0 spiro atoms. The van der Waals surface area contributed by atoms with Gasteiger partial charge < -0.3 is 9.97 Å². The standard InChI is InChI=1S/C21H14FN9O/c22-14-8-12(17-4-7-25-30(17)11-19-23-5-1-6-24-19)9-18-20(14)28-29-31(18)13-2-3-15-16(10-13)27-21(32)26-15/h1-10H,11H2,(H2,26,27,32). The van der Waals surface area contributed by atoms with Gasteiger partial charge in [-0.2, -0.15) is 5.10 Å². The Morgan fingerprint density at radius 3 is 2.69 bits per heavy atom. The monoisotopic (exact) mass is 427 g/mol. The van der Waals surface area contributed by atoms with Gasteiger partial charge in [-0.1, -0.05) is 5.21 Å². The van der Waals surface area contributed by atoms with Crippen LogP contribution in [0.15, 0.2) is 65.8 Å². The number of benzene rings is 2. The highest BCUT2D eigenvalue weighted by molar-refractivity contribution is 5.84. The van der Waals surface area contributed by atoms with E-state index in [2.05, 4.69) is 35.3 Å². The van der Waals surface area contributed by atoms with Crippen LogP contribution in [0, 0.1) is 5.82 Å². The van der Waals surface area contributed by atoms with E-state index in [1.807, 2.05) is 6.07 Å². The molecular weight excluding hydrogens is 413 g/mol. The van der Waals surface area contributed by atoms with Crippen LogP contribution in [-0.4, -0.2) is 44.7 Å². The first-order chi connectivity index (χ1) is 15.7. The van der Waals surface area contributed by atoms with Gasteiger partial charge in [0.2, 0.25) is 0 Å². The van der Waals surface area contributed by atoms with E-state index in [0.29, 0.717) is 45.9 Å². The Labute approximate surface area is 178 Å². The van der Waals surface area contributed by atoms with Crippen molar-refractivity contribution in [2.45, 2.75) is 6.54 Å². The summed E-state index contributed by atoms with van der Waals surface area (Å²) in [6.45, 7) is 0.345. The second kappa shape index (κ2) is 6.94. The summed E-state index contributed by atoms with van der Waals surface area (Å²) in [6, 6.07) is 12.0. The van der Waals surface area contributed by atoms with Crippen molar-refractivity contribution >= 4 is 22.1 Å². The molecule has 4 aromatic heterocycles. The molecule has 2 N–H and O–H groups in total. The molecule has 0 fully saturated rings. The summed E-state index contributed by atoms with van der Waals surface area (Å²) in [5, 5.41) is 12.5. The maximum atomic E-state index is 15.0. The van der Waals surface area contributed by atoms with Crippen molar-refractivity contribution in [2.24, 2.45) is 0 Å². The first-order valence-electron chi connectivity index (χ1n) is 9.71. The molecule has 0 saturated carbocycles. The van der Waals surface area contributed by atoms with Crippen LogP contribution in [0.5, 0.6) is 0 Å². The van der Waals surface area contributed by atoms with Gasteiger partial charge in [-0.05, 0) is 42.5 Å². The molecule has 6 rings (SSSR count). The van der Waals surface area contributed by atoms with E-state index in [1.165, 1.54) is 10.7 Å². The number of nitrogens with zero attached hydrogens (tertiary/aromatic N) is 7. The fourth-order valence-electron chi connectivity index (χ4n) is 3.72. The molecule has 0 bridgehead atoms. The Balaban J connectivity index is 1.47. The number of aromatic amines is 2. The number of aromatic nitrogens is 9. The van der Waals surface area contributed by atoms with E-state index in [4.69, 9.17) is 0 Å². The predicted octanol–water partition coefficient (Wildman–Crippen LogP) is 2.43. The Morgan fingerprint density at radius 1 is 0.969 bits per heavy atom. The topological polar surface area (TPSA) is 123 Å². The molecule has 0 amide bonds. The summed E-state index contributed by atoms with van der Waals surface area (Å²) >= 11 is 0. The molecule has 4 heterocycles. The number of fused-ring (bicyclic) bond motifs is 2. The number of hydrogen-bond donors (Lipinski definition) is 2. The molecule has 0 aliphatic rings. The summed E-state index contributed by atoms with van der Waals surface area (Å²) in [5.74, 6) is 0.100. The van der Waals surface area contributed by atoms with Gasteiger partial charge in [-0.15, -0.1) is 5.10 Å². The summed E-state index contributed by atoms with van der Waals surface area (Å²) in [5.41, 5.74) is 3.58. The number of nitrogens with one attached hydrogen (secondary N) is 2. The molecule has 10 nitrogen and oxygen atoms in total. The zero-order valence-electron chi connectivity index (χ0n) is 16.4. The lowest BCUT2D eigenvalue weighted by Gasteiger charge is -2.08. The Bertz CT molecular complexity index is 1640. The zero-order valence-corrected chi connectivity index (χ0v) is 16.4. The molecule has 2 aromatic carbocycles. The third kappa shape index (κ3) is 2.95. The van der Waals surface area contributed by atoms with Crippen LogP contribution in [0.25, 0.3) is 39.0 Å². The third-order valence-corrected chi connectivity index (χ3v) is 5.17. The van der Waals surface area contributed by atoms with Crippen molar-refractivity contribution in [3.05, 3.63) is 83.2 Å². The van der Waals surface area contributed by atoms with Gasteiger partial charge in [-0.25, -0.2) is 23.8 Å². The second-order valence-electron chi connectivity index (χ2n) is 7.18. The number of H-pyrrole nitrogens is 2. The Hall–Kier alpha value is -4.67. The minimum atomic E-state index is -0.497. The van der Waals surface area contributed by atoms with Crippen LogP contribution in [0.3, 0.4) is 0 Å². The van der Waals surface area contributed by atoms with Crippen molar-refractivity contribution in [3.63, 3.8) is 0 Å². The van der Waals surface area contributed by atoms with Crippen LogP contribution in [0.2, 0.25) is 0 Å². The van der Waals surface area contributed by atoms with Crippen LogP contribution < -0.4 is 5.69 Å². The van der Waals surface area contributed by atoms with E-state index in [-0.39, 0.29) is 11.2 Å². The highest BCUT2D eigenvalue weighted by Gasteiger charge is 2.16. The van der Waals surface area contributed by atoms with Crippen molar-refractivity contribution in [3.8, 4) is 16.9 Å². The normalized spacial score (nSPS) is 11.5. The molecular formula is C21H14FN9O. The van der Waals surface area contributed by atoms with Gasteiger partial charge >= 0.3 is 5.69 Å². The molecule has 0 aliphatic heterocycles. The lowest BCUT2D eigenvalue weighted by Crippen LogP contribution is -2.07. The van der Waals surface area contributed by atoms with Gasteiger partial charge in [-0.3, -0.25) is 4.68 Å². The Morgan fingerprint density at radius 2 is 1.81 bits per heavy atom. The minimum Gasteiger partial charge on any atom is -0.306 e. The highest BCUT2D eigenvalue weighted by atomic mass is 19.1. The van der Waals surface area contributed by atoms with Crippen molar-refractivity contribution in [1.29, 1.82) is 0 Å². The van der Waals surface area contributed by atoms with Gasteiger partial charge in [0.25, 0.3) is 0 Å². The first kappa shape index (κ1) is 18.1. The van der Waals surface area contributed by atoms with Gasteiger partial charge in [0.1, 0.15) is 17.9 Å². The number of imidazole rings is 1. The van der Waals surface area contributed by atoms with E-state index in [9.17, 15) is 9.18 Å². The van der Waals surface area contributed by atoms with Crippen LogP contribution in [0.1, 0.15) is 5.82 Å². The van der Waals surface area contributed by atoms with Crippen molar-refractivity contribution in [2.75, 3.05) is 0 Å². The smallest absolute Gasteiger partial charge is 0.306 e. The largest absolute Gasteiger partial charge is 0.323 e.